The van der Waals surface area contributed by atoms with Gasteiger partial charge in [-0.25, -0.2) is 0 Å². The minimum absolute atomic E-state index is 0.134. The van der Waals surface area contributed by atoms with Gasteiger partial charge in [0.15, 0.2) is 0 Å². The van der Waals surface area contributed by atoms with Crippen LogP contribution in [0.3, 0.4) is 0 Å². The third-order valence-electron chi connectivity index (χ3n) is 2.78. The second-order valence-corrected chi connectivity index (χ2v) is 5.12. The lowest BCUT2D eigenvalue weighted by atomic mass is 10.0. The van der Waals surface area contributed by atoms with Gasteiger partial charge in [0.1, 0.15) is 5.78 Å². The lowest BCUT2D eigenvalue weighted by Crippen LogP contribution is -2.05. The number of pyridine rings is 1. The number of aromatic nitrogens is 1. The molecular formula is C15H13Cl2NO. The quantitative estimate of drug-likeness (QED) is 0.829. The third kappa shape index (κ3) is 4.34. The maximum Gasteiger partial charge on any atom is 0.137 e. The number of ketones is 1. The maximum atomic E-state index is 11.9. The summed E-state index contributed by atoms with van der Waals surface area (Å²) in [6, 6.07) is 10.9. The van der Waals surface area contributed by atoms with Gasteiger partial charge in [-0.3, -0.25) is 9.78 Å². The molecule has 0 unspecified atom stereocenters. The summed E-state index contributed by atoms with van der Waals surface area (Å²) in [6.45, 7) is 0. The molecule has 0 aliphatic carbocycles. The van der Waals surface area contributed by atoms with Crippen molar-refractivity contribution in [3.8, 4) is 0 Å². The summed E-state index contributed by atoms with van der Waals surface area (Å²) in [5, 5.41) is 1.17. The zero-order valence-corrected chi connectivity index (χ0v) is 11.8. The second kappa shape index (κ2) is 6.69. The Morgan fingerprint density at radius 3 is 2.74 bits per heavy atom. The van der Waals surface area contributed by atoms with Gasteiger partial charge in [-0.2, -0.15) is 0 Å². The highest BCUT2D eigenvalue weighted by Gasteiger charge is 2.08. The van der Waals surface area contributed by atoms with Crippen LogP contribution < -0.4 is 0 Å². The van der Waals surface area contributed by atoms with Crippen LogP contribution in [0.5, 0.6) is 0 Å². The first-order valence-corrected chi connectivity index (χ1v) is 6.76. The van der Waals surface area contributed by atoms with E-state index in [9.17, 15) is 4.79 Å². The zero-order valence-electron chi connectivity index (χ0n) is 10.3. The molecule has 0 aliphatic rings. The van der Waals surface area contributed by atoms with E-state index >= 15 is 0 Å². The van der Waals surface area contributed by atoms with E-state index in [1.807, 2.05) is 18.2 Å². The molecule has 0 amide bonds. The Labute approximate surface area is 122 Å². The Morgan fingerprint density at radius 1 is 1.16 bits per heavy atom. The van der Waals surface area contributed by atoms with E-state index in [-0.39, 0.29) is 5.78 Å². The summed E-state index contributed by atoms with van der Waals surface area (Å²) in [5.41, 5.74) is 1.70. The molecule has 1 aromatic heterocycles. The Kier molecular flexibility index (Phi) is 4.94. The van der Waals surface area contributed by atoms with Gasteiger partial charge in [0, 0.05) is 34.8 Å². The largest absolute Gasteiger partial charge is 0.299 e. The van der Waals surface area contributed by atoms with Gasteiger partial charge in [-0.1, -0.05) is 29.3 Å². The number of halogens is 2. The first-order chi connectivity index (χ1) is 9.15. The third-order valence-corrected chi connectivity index (χ3v) is 3.39. The number of carbonyl (C=O) groups excluding carboxylic acids is 1. The fourth-order valence-corrected chi connectivity index (χ4v) is 2.17. The van der Waals surface area contributed by atoms with Crippen molar-refractivity contribution in [1.82, 2.24) is 4.98 Å². The van der Waals surface area contributed by atoms with E-state index in [2.05, 4.69) is 4.98 Å². The molecule has 0 bridgehead atoms. The number of rotatable bonds is 5. The van der Waals surface area contributed by atoms with E-state index in [4.69, 9.17) is 23.2 Å². The number of hydrogen-bond donors (Lipinski definition) is 0. The maximum absolute atomic E-state index is 11.9. The highest BCUT2D eigenvalue weighted by atomic mass is 35.5. The number of hydrogen-bond acceptors (Lipinski definition) is 2. The zero-order chi connectivity index (χ0) is 13.7. The topological polar surface area (TPSA) is 30.0 Å². The molecule has 0 spiro atoms. The Bertz CT molecular complexity index is 570. The first kappa shape index (κ1) is 14.0. The van der Waals surface area contributed by atoms with Crippen LogP contribution in [0, 0.1) is 0 Å². The van der Waals surface area contributed by atoms with Gasteiger partial charge in [0.2, 0.25) is 0 Å². The summed E-state index contributed by atoms with van der Waals surface area (Å²) in [7, 11) is 0. The van der Waals surface area contributed by atoms with Crippen LogP contribution in [-0.2, 0) is 17.6 Å². The summed E-state index contributed by atoms with van der Waals surface area (Å²) >= 11 is 11.9. The van der Waals surface area contributed by atoms with Crippen molar-refractivity contribution in [3.05, 3.63) is 63.9 Å². The molecule has 0 radical (unpaired) electrons. The molecular weight excluding hydrogens is 281 g/mol. The van der Waals surface area contributed by atoms with Crippen LogP contribution in [0.2, 0.25) is 10.0 Å². The van der Waals surface area contributed by atoms with Crippen molar-refractivity contribution in [1.29, 1.82) is 0 Å². The normalized spacial score (nSPS) is 10.4. The summed E-state index contributed by atoms with van der Waals surface area (Å²) in [4.78, 5) is 16.1. The highest BCUT2D eigenvalue weighted by molar-refractivity contribution is 6.33. The number of benzene rings is 1. The Balaban J connectivity index is 1.93. The minimum atomic E-state index is 0.134. The summed E-state index contributed by atoms with van der Waals surface area (Å²) in [6.07, 6.45) is 3.15. The van der Waals surface area contributed by atoms with E-state index in [1.165, 1.54) is 0 Å². The smallest absolute Gasteiger partial charge is 0.137 e. The van der Waals surface area contributed by atoms with Gasteiger partial charge < -0.3 is 0 Å². The van der Waals surface area contributed by atoms with Crippen LogP contribution in [-0.4, -0.2) is 10.8 Å². The van der Waals surface area contributed by atoms with Crippen molar-refractivity contribution in [2.75, 3.05) is 0 Å². The highest BCUT2D eigenvalue weighted by Crippen LogP contribution is 2.21. The van der Waals surface area contributed by atoms with Crippen LogP contribution in [0.15, 0.2) is 42.6 Å². The van der Waals surface area contributed by atoms with Gasteiger partial charge in [0.05, 0.1) is 0 Å². The number of nitrogens with zero attached hydrogens (tertiary/aromatic N) is 1. The predicted molar refractivity (Wildman–Crippen MR) is 77.7 cm³/mol. The number of aryl methyl sites for hydroxylation is 1. The van der Waals surface area contributed by atoms with E-state index in [0.717, 1.165) is 11.3 Å². The Morgan fingerprint density at radius 2 is 2.00 bits per heavy atom. The van der Waals surface area contributed by atoms with E-state index in [1.54, 1.807) is 24.4 Å². The lowest BCUT2D eigenvalue weighted by molar-refractivity contribution is -0.118. The lowest BCUT2D eigenvalue weighted by Gasteiger charge is -2.04. The van der Waals surface area contributed by atoms with E-state index in [0.29, 0.717) is 29.3 Å². The fourth-order valence-electron chi connectivity index (χ4n) is 1.79. The van der Waals surface area contributed by atoms with Gasteiger partial charge in [0.25, 0.3) is 0 Å². The molecule has 4 heteroatoms. The molecule has 2 nitrogen and oxygen atoms in total. The van der Waals surface area contributed by atoms with Crippen LogP contribution in [0.4, 0.5) is 0 Å². The van der Waals surface area contributed by atoms with Crippen molar-refractivity contribution in [3.63, 3.8) is 0 Å². The van der Waals surface area contributed by atoms with Crippen molar-refractivity contribution in [2.24, 2.45) is 0 Å². The predicted octanol–water partition coefficient (Wildman–Crippen LogP) is 4.13. The average molecular weight is 294 g/mol. The van der Waals surface area contributed by atoms with Crippen LogP contribution in [0.25, 0.3) is 0 Å². The average Bonchev–Trinajstić information content (AvgIpc) is 2.42. The summed E-state index contributed by atoms with van der Waals surface area (Å²) in [5.74, 6) is 0.134. The van der Waals surface area contributed by atoms with Gasteiger partial charge in [-0.15, -0.1) is 0 Å². The summed E-state index contributed by atoms with van der Waals surface area (Å²) < 4.78 is 0. The van der Waals surface area contributed by atoms with Crippen molar-refractivity contribution in [2.45, 2.75) is 19.3 Å². The first-order valence-electron chi connectivity index (χ1n) is 6.00. The van der Waals surface area contributed by atoms with Crippen molar-refractivity contribution >= 4 is 29.0 Å². The van der Waals surface area contributed by atoms with Crippen molar-refractivity contribution < 1.29 is 4.79 Å². The molecule has 0 N–H and O–H groups in total. The van der Waals surface area contributed by atoms with Crippen LogP contribution in [0.1, 0.15) is 17.7 Å². The molecule has 98 valence electrons. The molecule has 2 aromatic rings. The molecule has 0 fully saturated rings. The van der Waals surface area contributed by atoms with Crippen LogP contribution >= 0.6 is 23.2 Å². The molecule has 0 saturated carbocycles. The molecule has 1 aromatic carbocycles. The number of carbonyl (C=O) groups is 1. The van der Waals surface area contributed by atoms with E-state index < -0.39 is 0 Å². The molecule has 0 atom stereocenters. The molecule has 2 rings (SSSR count). The molecule has 0 aliphatic heterocycles. The fraction of sp³-hybridized carbons (Fsp3) is 0.200. The molecule has 0 saturated heterocycles. The second-order valence-electron chi connectivity index (χ2n) is 4.27. The van der Waals surface area contributed by atoms with Gasteiger partial charge >= 0.3 is 0 Å². The molecule has 19 heavy (non-hydrogen) atoms. The standard InChI is InChI=1S/C15H13Cl2NO/c16-12-4-7-15(17)11(9-12)10-14(19)6-5-13-3-1-2-8-18-13/h1-4,7-9H,5-6,10H2. The SMILES string of the molecule is O=C(CCc1ccccn1)Cc1cc(Cl)ccc1Cl. The van der Waals surface area contributed by atoms with Gasteiger partial charge in [-0.05, 0) is 42.3 Å². The Hall–Kier alpha value is -1.38. The minimum Gasteiger partial charge on any atom is -0.299 e. The molecule has 1 heterocycles. The monoisotopic (exact) mass is 293 g/mol. The number of Topliss-reactive ketones (excluding diaryl/α,β-unsaturated/α-hetero) is 1.